The van der Waals surface area contributed by atoms with Gasteiger partial charge >= 0.3 is 12.1 Å². The molecule has 1 amide bonds. The summed E-state index contributed by atoms with van der Waals surface area (Å²) in [5.41, 5.74) is 0.748. The predicted molar refractivity (Wildman–Crippen MR) is 87.5 cm³/mol. The monoisotopic (exact) mass is 360 g/mol. The first-order valence-corrected chi connectivity index (χ1v) is 8.42. The predicted octanol–water partition coefficient (Wildman–Crippen LogP) is 3.54. The van der Waals surface area contributed by atoms with Crippen molar-refractivity contribution in [3.63, 3.8) is 0 Å². The molecule has 7 heteroatoms. The Morgan fingerprint density at radius 3 is 2.44 bits per heavy atom. The summed E-state index contributed by atoms with van der Waals surface area (Å²) in [5, 5.41) is 1.97. The largest absolute Gasteiger partial charge is 0.471 e. The fraction of sp³-hybridized carbons (Fsp3) is 0.611. The Kier molecular flexibility index (Phi) is 6.08. The molecule has 0 unspecified atom stereocenters. The van der Waals surface area contributed by atoms with Gasteiger partial charge in [-0.25, -0.2) is 4.39 Å². The molecule has 140 valence electrons. The summed E-state index contributed by atoms with van der Waals surface area (Å²) in [6.07, 6.45) is -2.68. The van der Waals surface area contributed by atoms with Crippen molar-refractivity contribution in [1.29, 1.82) is 0 Å². The minimum Gasteiger partial charge on any atom is -0.348 e. The molecule has 0 bridgehead atoms. The zero-order valence-corrected chi connectivity index (χ0v) is 14.5. The van der Waals surface area contributed by atoms with Gasteiger partial charge in [0.25, 0.3) is 0 Å². The molecular formula is C18H24F4N2O. The van der Waals surface area contributed by atoms with E-state index in [1.807, 2.05) is 11.4 Å². The molecule has 0 spiro atoms. The Morgan fingerprint density at radius 2 is 1.88 bits per heavy atom. The topological polar surface area (TPSA) is 32.3 Å². The molecule has 1 fully saturated rings. The summed E-state index contributed by atoms with van der Waals surface area (Å²) in [6, 6.07) is 6.53. The van der Waals surface area contributed by atoms with E-state index in [1.54, 1.807) is 6.07 Å². The maximum atomic E-state index is 13.3. The molecule has 0 radical (unpaired) electrons. The van der Waals surface area contributed by atoms with Crippen LogP contribution in [0.1, 0.15) is 32.3 Å². The Balaban J connectivity index is 1.83. The van der Waals surface area contributed by atoms with Gasteiger partial charge in [0.05, 0.1) is 0 Å². The lowest BCUT2D eigenvalue weighted by atomic mass is 9.88. The molecule has 1 saturated heterocycles. The van der Waals surface area contributed by atoms with Gasteiger partial charge < -0.3 is 5.32 Å². The van der Waals surface area contributed by atoms with Gasteiger partial charge in [0.1, 0.15) is 5.82 Å². The minimum atomic E-state index is -4.83. The number of hydrogen-bond acceptors (Lipinski definition) is 2. The van der Waals surface area contributed by atoms with Crippen LogP contribution < -0.4 is 5.32 Å². The third kappa shape index (κ3) is 5.70. The highest BCUT2D eigenvalue weighted by Gasteiger charge is 2.39. The standard InChI is InChI=1S/C18H24F4N2O/c1-17(2,11-14-4-3-5-15(19)10-14)24-8-6-13(7-9-24)12-23-16(25)18(20,21)22/h3-5,10,13H,6-9,11-12H2,1-2H3,(H,23,25). The number of rotatable bonds is 5. The van der Waals surface area contributed by atoms with Gasteiger partial charge in [-0.15, -0.1) is 0 Å². The molecule has 0 saturated carbocycles. The fourth-order valence-electron chi connectivity index (χ4n) is 3.34. The van der Waals surface area contributed by atoms with E-state index >= 15 is 0 Å². The molecule has 1 heterocycles. The average Bonchev–Trinajstić information content (AvgIpc) is 2.51. The molecule has 1 aromatic carbocycles. The van der Waals surface area contributed by atoms with E-state index < -0.39 is 12.1 Å². The molecule has 1 N–H and O–H groups in total. The van der Waals surface area contributed by atoms with E-state index in [0.717, 1.165) is 31.5 Å². The van der Waals surface area contributed by atoms with Crippen molar-refractivity contribution in [1.82, 2.24) is 10.2 Å². The van der Waals surface area contributed by atoms with Crippen LogP contribution in [0, 0.1) is 11.7 Å². The van der Waals surface area contributed by atoms with Crippen molar-refractivity contribution in [3.05, 3.63) is 35.6 Å². The Morgan fingerprint density at radius 1 is 1.24 bits per heavy atom. The van der Waals surface area contributed by atoms with Crippen LogP contribution in [-0.4, -0.2) is 42.2 Å². The summed E-state index contributed by atoms with van der Waals surface area (Å²) >= 11 is 0. The summed E-state index contributed by atoms with van der Waals surface area (Å²) in [7, 11) is 0. The number of nitrogens with zero attached hydrogens (tertiary/aromatic N) is 1. The van der Waals surface area contributed by atoms with Crippen molar-refractivity contribution in [3.8, 4) is 0 Å². The van der Waals surface area contributed by atoms with Gasteiger partial charge in [-0.1, -0.05) is 12.1 Å². The highest BCUT2D eigenvalue weighted by Crippen LogP contribution is 2.27. The molecule has 2 rings (SSSR count). The number of amides is 1. The lowest BCUT2D eigenvalue weighted by Crippen LogP contribution is -2.50. The van der Waals surface area contributed by atoms with Gasteiger partial charge in [0, 0.05) is 12.1 Å². The third-order valence-corrected chi connectivity index (χ3v) is 4.81. The van der Waals surface area contributed by atoms with Crippen molar-refractivity contribution < 1.29 is 22.4 Å². The van der Waals surface area contributed by atoms with Crippen LogP contribution in [0.15, 0.2) is 24.3 Å². The van der Waals surface area contributed by atoms with Crippen LogP contribution in [0.5, 0.6) is 0 Å². The van der Waals surface area contributed by atoms with E-state index in [1.165, 1.54) is 12.1 Å². The molecule has 1 aromatic rings. The van der Waals surface area contributed by atoms with E-state index in [-0.39, 0.29) is 23.8 Å². The SMILES string of the molecule is CC(C)(Cc1cccc(F)c1)N1CCC(CNC(=O)C(F)(F)F)CC1. The number of likely N-dealkylation sites (tertiary alicyclic amines) is 1. The molecule has 0 aliphatic carbocycles. The maximum absolute atomic E-state index is 13.3. The van der Waals surface area contributed by atoms with E-state index in [0.29, 0.717) is 6.42 Å². The van der Waals surface area contributed by atoms with Gasteiger partial charge in [-0.2, -0.15) is 13.2 Å². The van der Waals surface area contributed by atoms with Gasteiger partial charge in [0.2, 0.25) is 0 Å². The van der Waals surface area contributed by atoms with Crippen LogP contribution in [0.3, 0.4) is 0 Å². The number of halogens is 4. The zero-order chi connectivity index (χ0) is 18.7. The minimum absolute atomic E-state index is 0.0486. The number of hydrogen-bond donors (Lipinski definition) is 1. The van der Waals surface area contributed by atoms with Gasteiger partial charge in [0.15, 0.2) is 0 Å². The second kappa shape index (κ2) is 7.72. The normalized spacial score (nSPS) is 17.5. The number of piperidine rings is 1. The van der Waals surface area contributed by atoms with Crippen LogP contribution in [0.25, 0.3) is 0 Å². The van der Waals surface area contributed by atoms with Crippen molar-refractivity contribution in [2.75, 3.05) is 19.6 Å². The summed E-state index contributed by atoms with van der Waals surface area (Å²) < 4.78 is 50.0. The van der Waals surface area contributed by atoms with Crippen LogP contribution >= 0.6 is 0 Å². The highest BCUT2D eigenvalue weighted by molar-refractivity contribution is 5.81. The van der Waals surface area contributed by atoms with E-state index in [4.69, 9.17) is 0 Å². The Bertz CT molecular complexity index is 593. The Hall–Kier alpha value is -1.63. The smallest absolute Gasteiger partial charge is 0.348 e. The lowest BCUT2D eigenvalue weighted by Gasteiger charge is -2.43. The maximum Gasteiger partial charge on any atom is 0.471 e. The number of carbonyl (C=O) groups is 1. The first-order valence-electron chi connectivity index (χ1n) is 8.42. The molecule has 1 aliphatic heterocycles. The summed E-state index contributed by atoms with van der Waals surface area (Å²) in [5.74, 6) is -2.08. The number of carbonyl (C=O) groups excluding carboxylic acids is 1. The van der Waals surface area contributed by atoms with Crippen molar-refractivity contribution in [2.45, 2.75) is 44.8 Å². The second-order valence-electron chi connectivity index (χ2n) is 7.26. The molecule has 25 heavy (non-hydrogen) atoms. The highest BCUT2D eigenvalue weighted by atomic mass is 19.4. The van der Waals surface area contributed by atoms with Crippen molar-refractivity contribution >= 4 is 5.91 Å². The number of nitrogens with one attached hydrogen (secondary N) is 1. The first-order chi connectivity index (χ1) is 11.6. The fourth-order valence-corrected chi connectivity index (χ4v) is 3.34. The molecule has 0 atom stereocenters. The van der Waals surface area contributed by atoms with Gasteiger partial charge in [-0.3, -0.25) is 9.69 Å². The van der Waals surface area contributed by atoms with Gasteiger partial charge in [-0.05, 0) is 69.8 Å². The lowest BCUT2D eigenvalue weighted by molar-refractivity contribution is -0.173. The van der Waals surface area contributed by atoms with Crippen LogP contribution in [0.4, 0.5) is 17.6 Å². The first kappa shape index (κ1) is 19.7. The summed E-state index contributed by atoms with van der Waals surface area (Å²) in [4.78, 5) is 13.2. The van der Waals surface area contributed by atoms with Crippen molar-refractivity contribution in [2.24, 2.45) is 5.92 Å². The molecule has 1 aliphatic rings. The number of alkyl halides is 3. The molecule has 3 nitrogen and oxygen atoms in total. The molecular weight excluding hydrogens is 336 g/mol. The second-order valence-corrected chi connectivity index (χ2v) is 7.26. The average molecular weight is 360 g/mol. The van der Waals surface area contributed by atoms with E-state index in [2.05, 4.69) is 18.7 Å². The number of benzene rings is 1. The quantitative estimate of drug-likeness (QED) is 0.815. The van der Waals surface area contributed by atoms with Crippen LogP contribution in [0.2, 0.25) is 0 Å². The van der Waals surface area contributed by atoms with Crippen LogP contribution in [-0.2, 0) is 11.2 Å². The zero-order valence-electron chi connectivity index (χ0n) is 14.5. The molecule has 0 aromatic heterocycles. The Labute approximate surface area is 145 Å². The third-order valence-electron chi connectivity index (χ3n) is 4.81. The van der Waals surface area contributed by atoms with E-state index in [9.17, 15) is 22.4 Å². The summed E-state index contributed by atoms with van der Waals surface area (Å²) in [6.45, 7) is 5.72.